The molecule has 0 radical (unpaired) electrons. The Labute approximate surface area is 137 Å². The Hall–Kier alpha value is -1.55. The molecule has 0 saturated heterocycles. The van der Waals surface area contributed by atoms with Crippen LogP contribution in [0.4, 0.5) is 5.69 Å². The number of amides is 2. The van der Waals surface area contributed by atoms with Crippen molar-refractivity contribution in [3.8, 4) is 0 Å². The summed E-state index contributed by atoms with van der Waals surface area (Å²) in [6.07, 6.45) is 1.24. The second kappa shape index (κ2) is 8.79. The van der Waals surface area contributed by atoms with E-state index in [0.717, 1.165) is 17.7 Å². The molecule has 1 aromatic rings. The molecule has 0 saturated carbocycles. The zero-order chi connectivity index (χ0) is 16.7. The zero-order valence-electron chi connectivity index (χ0n) is 13.8. The standard InChI is InChI=1S/C17H25ClN2O2/c1-12(2)7-9-19-17(22)8-10-20(14(4)21)16-11-15(18)6-5-13(16)3/h5-6,11-12H,7-10H2,1-4H3,(H,19,22). The van der Waals surface area contributed by atoms with Gasteiger partial charge in [-0.2, -0.15) is 0 Å². The molecule has 0 aliphatic rings. The van der Waals surface area contributed by atoms with Crippen molar-refractivity contribution in [1.82, 2.24) is 5.32 Å². The smallest absolute Gasteiger partial charge is 0.223 e. The van der Waals surface area contributed by atoms with Gasteiger partial charge in [-0.15, -0.1) is 0 Å². The van der Waals surface area contributed by atoms with Crippen molar-refractivity contribution in [3.63, 3.8) is 0 Å². The second-order valence-electron chi connectivity index (χ2n) is 5.88. The van der Waals surface area contributed by atoms with Crippen molar-refractivity contribution in [2.24, 2.45) is 5.92 Å². The largest absolute Gasteiger partial charge is 0.356 e. The third-order valence-electron chi connectivity index (χ3n) is 3.45. The Bertz CT molecular complexity index is 529. The molecule has 22 heavy (non-hydrogen) atoms. The Morgan fingerprint density at radius 1 is 1.32 bits per heavy atom. The van der Waals surface area contributed by atoms with E-state index in [1.54, 1.807) is 17.0 Å². The van der Waals surface area contributed by atoms with E-state index in [9.17, 15) is 9.59 Å². The predicted octanol–water partition coefficient (Wildman–Crippen LogP) is 3.55. The van der Waals surface area contributed by atoms with Gasteiger partial charge in [-0.25, -0.2) is 0 Å². The number of rotatable bonds is 7. The van der Waals surface area contributed by atoms with Gasteiger partial charge in [0.1, 0.15) is 0 Å². The SMILES string of the molecule is CC(=O)N(CCC(=O)NCCC(C)C)c1cc(Cl)ccc1C. The van der Waals surface area contributed by atoms with Gasteiger partial charge >= 0.3 is 0 Å². The molecule has 0 atom stereocenters. The van der Waals surface area contributed by atoms with Crippen LogP contribution in [-0.2, 0) is 9.59 Å². The number of carbonyl (C=O) groups excluding carboxylic acids is 2. The van der Waals surface area contributed by atoms with Gasteiger partial charge < -0.3 is 10.2 Å². The molecule has 5 heteroatoms. The average molecular weight is 325 g/mol. The summed E-state index contributed by atoms with van der Waals surface area (Å²) >= 11 is 6.01. The van der Waals surface area contributed by atoms with Crippen LogP contribution >= 0.6 is 11.6 Å². The summed E-state index contributed by atoms with van der Waals surface area (Å²) in [5.74, 6) is 0.426. The van der Waals surface area contributed by atoms with Crippen LogP contribution in [0.1, 0.15) is 39.2 Å². The normalized spacial score (nSPS) is 10.6. The Kier molecular flexibility index (Phi) is 7.39. The number of carbonyl (C=O) groups is 2. The summed E-state index contributed by atoms with van der Waals surface area (Å²) in [4.78, 5) is 25.3. The van der Waals surface area contributed by atoms with E-state index in [-0.39, 0.29) is 18.2 Å². The summed E-state index contributed by atoms with van der Waals surface area (Å²) in [5.41, 5.74) is 1.72. The molecule has 1 rings (SSSR count). The van der Waals surface area contributed by atoms with Gasteiger partial charge in [0.25, 0.3) is 0 Å². The van der Waals surface area contributed by atoms with Crippen LogP contribution in [0.5, 0.6) is 0 Å². The quantitative estimate of drug-likeness (QED) is 0.833. The van der Waals surface area contributed by atoms with Crippen LogP contribution in [0, 0.1) is 12.8 Å². The topological polar surface area (TPSA) is 49.4 Å². The lowest BCUT2D eigenvalue weighted by Gasteiger charge is -2.23. The van der Waals surface area contributed by atoms with Crippen molar-refractivity contribution in [2.45, 2.75) is 40.5 Å². The molecule has 1 N–H and O–H groups in total. The fraction of sp³-hybridized carbons (Fsp3) is 0.529. The van der Waals surface area contributed by atoms with Crippen molar-refractivity contribution < 1.29 is 9.59 Å². The molecular formula is C17H25ClN2O2. The lowest BCUT2D eigenvalue weighted by molar-refractivity contribution is -0.121. The van der Waals surface area contributed by atoms with Crippen LogP contribution in [0.3, 0.4) is 0 Å². The van der Waals surface area contributed by atoms with Gasteiger partial charge in [0.05, 0.1) is 0 Å². The molecule has 0 aliphatic heterocycles. The molecule has 4 nitrogen and oxygen atoms in total. The number of hydrogen-bond donors (Lipinski definition) is 1. The van der Waals surface area contributed by atoms with Gasteiger partial charge in [0, 0.05) is 37.1 Å². The van der Waals surface area contributed by atoms with Gasteiger partial charge in [0.15, 0.2) is 0 Å². The molecule has 1 aromatic carbocycles. The predicted molar refractivity (Wildman–Crippen MR) is 91.3 cm³/mol. The number of aryl methyl sites for hydroxylation is 1. The highest BCUT2D eigenvalue weighted by molar-refractivity contribution is 6.31. The molecule has 0 heterocycles. The molecule has 0 aliphatic carbocycles. The lowest BCUT2D eigenvalue weighted by atomic mass is 10.1. The van der Waals surface area contributed by atoms with Crippen LogP contribution < -0.4 is 10.2 Å². The Balaban J connectivity index is 2.64. The van der Waals surface area contributed by atoms with Crippen molar-refractivity contribution in [3.05, 3.63) is 28.8 Å². The molecule has 0 aromatic heterocycles. The minimum atomic E-state index is -0.0969. The first-order chi connectivity index (χ1) is 10.3. The molecule has 2 amide bonds. The van der Waals surface area contributed by atoms with Gasteiger partial charge in [0.2, 0.25) is 11.8 Å². The molecule has 0 spiro atoms. The van der Waals surface area contributed by atoms with Gasteiger partial charge in [-0.3, -0.25) is 9.59 Å². The van der Waals surface area contributed by atoms with Crippen molar-refractivity contribution in [1.29, 1.82) is 0 Å². The van der Waals surface area contributed by atoms with E-state index < -0.39 is 0 Å². The minimum absolute atomic E-state index is 0.0356. The maximum atomic E-state index is 11.9. The first kappa shape index (κ1) is 18.5. The summed E-state index contributed by atoms with van der Waals surface area (Å²) < 4.78 is 0. The average Bonchev–Trinajstić information content (AvgIpc) is 2.42. The van der Waals surface area contributed by atoms with Gasteiger partial charge in [-0.05, 0) is 37.0 Å². The number of hydrogen-bond acceptors (Lipinski definition) is 2. The summed E-state index contributed by atoms with van der Waals surface area (Å²) in [6.45, 7) is 8.68. The van der Waals surface area contributed by atoms with Crippen LogP contribution in [0.25, 0.3) is 0 Å². The maximum Gasteiger partial charge on any atom is 0.223 e. The first-order valence-corrected chi connectivity index (χ1v) is 8.00. The Morgan fingerprint density at radius 2 is 2.00 bits per heavy atom. The molecule has 0 fully saturated rings. The van der Waals surface area contributed by atoms with Crippen LogP contribution in [0.15, 0.2) is 18.2 Å². The molecule has 122 valence electrons. The molecule has 0 bridgehead atoms. The number of halogens is 1. The van der Waals surface area contributed by atoms with E-state index in [4.69, 9.17) is 11.6 Å². The first-order valence-electron chi connectivity index (χ1n) is 7.62. The number of nitrogens with one attached hydrogen (secondary N) is 1. The van der Waals surface area contributed by atoms with E-state index in [0.29, 0.717) is 24.0 Å². The zero-order valence-corrected chi connectivity index (χ0v) is 14.5. The van der Waals surface area contributed by atoms with E-state index >= 15 is 0 Å². The van der Waals surface area contributed by atoms with Crippen molar-refractivity contribution >= 4 is 29.1 Å². The van der Waals surface area contributed by atoms with Crippen molar-refractivity contribution in [2.75, 3.05) is 18.0 Å². The minimum Gasteiger partial charge on any atom is -0.356 e. The third-order valence-corrected chi connectivity index (χ3v) is 3.68. The number of nitrogens with zero attached hydrogens (tertiary/aromatic N) is 1. The van der Waals surface area contributed by atoms with Crippen LogP contribution in [0.2, 0.25) is 5.02 Å². The fourth-order valence-electron chi connectivity index (χ4n) is 2.12. The van der Waals surface area contributed by atoms with E-state index in [2.05, 4.69) is 19.2 Å². The molecule has 0 unspecified atom stereocenters. The highest BCUT2D eigenvalue weighted by Gasteiger charge is 2.15. The van der Waals surface area contributed by atoms with Crippen LogP contribution in [-0.4, -0.2) is 24.9 Å². The maximum absolute atomic E-state index is 11.9. The number of benzene rings is 1. The van der Waals surface area contributed by atoms with Gasteiger partial charge in [-0.1, -0.05) is 31.5 Å². The highest BCUT2D eigenvalue weighted by Crippen LogP contribution is 2.24. The summed E-state index contributed by atoms with van der Waals surface area (Å²) in [7, 11) is 0. The fourth-order valence-corrected chi connectivity index (χ4v) is 2.29. The molecular weight excluding hydrogens is 300 g/mol. The number of anilines is 1. The van der Waals surface area contributed by atoms with E-state index in [1.165, 1.54) is 6.92 Å². The lowest BCUT2D eigenvalue weighted by Crippen LogP contribution is -2.34. The highest BCUT2D eigenvalue weighted by atomic mass is 35.5. The monoisotopic (exact) mass is 324 g/mol. The Morgan fingerprint density at radius 3 is 2.59 bits per heavy atom. The van der Waals surface area contributed by atoms with E-state index in [1.807, 2.05) is 13.0 Å². The summed E-state index contributed by atoms with van der Waals surface area (Å²) in [5, 5.41) is 3.46. The summed E-state index contributed by atoms with van der Waals surface area (Å²) in [6, 6.07) is 5.42. The second-order valence-corrected chi connectivity index (χ2v) is 6.32. The third kappa shape index (κ3) is 6.06.